The second kappa shape index (κ2) is 7.40. The van der Waals surface area contributed by atoms with Gasteiger partial charge in [0.05, 0.1) is 19.8 Å². The van der Waals surface area contributed by atoms with E-state index in [1.54, 1.807) is 11.0 Å². The number of carbonyl (C=O) groups excluding carboxylic acids is 2. The lowest BCUT2D eigenvalue weighted by molar-refractivity contribution is -0.131. The molecule has 0 radical (unpaired) electrons. The molecule has 2 heterocycles. The van der Waals surface area contributed by atoms with Crippen LogP contribution in [-0.4, -0.2) is 49.1 Å². The van der Waals surface area contributed by atoms with Crippen LogP contribution in [-0.2, 0) is 16.0 Å². The Morgan fingerprint density at radius 3 is 2.89 bits per heavy atom. The molecule has 0 saturated carbocycles. The number of nitrogens with zero attached hydrogens (tertiary/aromatic N) is 1. The van der Waals surface area contributed by atoms with Crippen molar-refractivity contribution in [1.29, 1.82) is 0 Å². The van der Waals surface area contributed by atoms with Gasteiger partial charge < -0.3 is 19.7 Å². The molecule has 6 heteroatoms. The van der Waals surface area contributed by atoms with Crippen LogP contribution in [0, 0.1) is 6.92 Å². The maximum Gasteiger partial charge on any atom is 0.255 e. The number of ether oxygens (including phenoxy) is 2. The van der Waals surface area contributed by atoms with Crippen LogP contribution in [0.5, 0.6) is 5.75 Å². The fourth-order valence-electron chi connectivity index (χ4n) is 3.44. The average Bonchev–Trinajstić information content (AvgIpc) is 3.15. The molecule has 1 fully saturated rings. The second-order valence-corrected chi connectivity index (χ2v) is 6.89. The quantitative estimate of drug-likeness (QED) is 0.906. The summed E-state index contributed by atoms with van der Waals surface area (Å²) in [6.07, 6.45) is 0.141. The normalized spacial score (nSPS) is 18.6. The van der Waals surface area contributed by atoms with Gasteiger partial charge in [0.15, 0.2) is 6.10 Å². The summed E-state index contributed by atoms with van der Waals surface area (Å²) in [5, 5.41) is 2.87. The molecule has 140 valence electrons. The van der Waals surface area contributed by atoms with Gasteiger partial charge >= 0.3 is 0 Å². The Hall–Kier alpha value is -2.86. The van der Waals surface area contributed by atoms with Gasteiger partial charge in [0.25, 0.3) is 11.8 Å². The second-order valence-electron chi connectivity index (χ2n) is 6.89. The van der Waals surface area contributed by atoms with Crippen molar-refractivity contribution < 1.29 is 19.1 Å². The molecule has 0 aromatic heterocycles. The molecule has 1 atom stereocenters. The highest BCUT2D eigenvalue weighted by Crippen LogP contribution is 2.26. The zero-order valence-electron chi connectivity index (χ0n) is 15.2. The molecule has 1 saturated heterocycles. The van der Waals surface area contributed by atoms with Gasteiger partial charge in [0, 0.05) is 24.2 Å². The van der Waals surface area contributed by atoms with Crippen molar-refractivity contribution in [2.75, 3.05) is 31.6 Å². The van der Waals surface area contributed by atoms with Crippen LogP contribution in [0.2, 0.25) is 0 Å². The standard InChI is InChI=1S/C21H22N2O4/c1-14-3-2-4-17(11-14)22-20(24)19-13-23(8-10-27-19)21(25)16-5-6-18-15(12-16)7-9-26-18/h2-6,11-12,19H,7-10,13H2,1H3,(H,22,24)/t19-/m0/s1. The molecule has 2 aromatic rings. The van der Waals surface area contributed by atoms with E-state index in [0.29, 0.717) is 25.3 Å². The number of nitrogens with one attached hydrogen (secondary N) is 1. The van der Waals surface area contributed by atoms with E-state index in [-0.39, 0.29) is 18.4 Å². The zero-order chi connectivity index (χ0) is 18.8. The van der Waals surface area contributed by atoms with E-state index >= 15 is 0 Å². The first-order chi connectivity index (χ1) is 13.1. The third kappa shape index (κ3) is 3.80. The van der Waals surface area contributed by atoms with Crippen LogP contribution in [0.4, 0.5) is 5.69 Å². The number of rotatable bonds is 3. The maximum absolute atomic E-state index is 12.9. The molecule has 2 aliphatic rings. The first-order valence-corrected chi connectivity index (χ1v) is 9.14. The van der Waals surface area contributed by atoms with Gasteiger partial charge in [-0.25, -0.2) is 0 Å². The summed E-state index contributed by atoms with van der Waals surface area (Å²) in [4.78, 5) is 27.1. The molecule has 0 aliphatic carbocycles. The summed E-state index contributed by atoms with van der Waals surface area (Å²) in [6, 6.07) is 13.1. The van der Waals surface area contributed by atoms with Crippen molar-refractivity contribution in [3.8, 4) is 5.75 Å². The summed E-state index contributed by atoms with van der Waals surface area (Å²) < 4.78 is 11.1. The van der Waals surface area contributed by atoms with Crippen molar-refractivity contribution in [3.63, 3.8) is 0 Å². The largest absolute Gasteiger partial charge is 0.493 e. The van der Waals surface area contributed by atoms with Gasteiger partial charge in [-0.15, -0.1) is 0 Å². The van der Waals surface area contributed by atoms with E-state index in [1.165, 1.54) is 0 Å². The van der Waals surface area contributed by atoms with Gasteiger partial charge in [-0.3, -0.25) is 9.59 Å². The van der Waals surface area contributed by atoms with E-state index in [9.17, 15) is 9.59 Å². The molecular weight excluding hydrogens is 344 g/mol. The molecule has 2 amide bonds. The molecule has 27 heavy (non-hydrogen) atoms. The molecule has 2 aliphatic heterocycles. The van der Waals surface area contributed by atoms with Crippen molar-refractivity contribution in [1.82, 2.24) is 4.90 Å². The minimum atomic E-state index is -0.680. The van der Waals surface area contributed by atoms with Gasteiger partial charge in [-0.1, -0.05) is 12.1 Å². The Balaban J connectivity index is 1.43. The summed E-state index contributed by atoms with van der Waals surface area (Å²) in [7, 11) is 0. The summed E-state index contributed by atoms with van der Waals surface area (Å²) in [6.45, 7) is 3.68. The number of benzene rings is 2. The first kappa shape index (κ1) is 17.5. The number of carbonyl (C=O) groups is 2. The number of aryl methyl sites for hydroxylation is 1. The Labute approximate surface area is 158 Å². The summed E-state index contributed by atoms with van der Waals surface area (Å²) >= 11 is 0. The van der Waals surface area contributed by atoms with E-state index < -0.39 is 6.10 Å². The van der Waals surface area contributed by atoms with Crippen molar-refractivity contribution >= 4 is 17.5 Å². The van der Waals surface area contributed by atoms with Crippen LogP contribution in [0.15, 0.2) is 42.5 Å². The predicted molar refractivity (Wildman–Crippen MR) is 101 cm³/mol. The highest BCUT2D eigenvalue weighted by atomic mass is 16.5. The van der Waals surface area contributed by atoms with E-state index in [4.69, 9.17) is 9.47 Å². The lowest BCUT2D eigenvalue weighted by Gasteiger charge is -2.32. The monoisotopic (exact) mass is 366 g/mol. The molecular formula is C21H22N2O4. The summed E-state index contributed by atoms with van der Waals surface area (Å²) in [5.41, 5.74) is 3.47. The molecule has 4 rings (SSSR count). The highest BCUT2D eigenvalue weighted by Gasteiger charge is 2.30. The Kier molecular flexibility index (Phi) is 4.81. The lowest BCUT2D eigenvalue weighted by Crippen LogP contribution is -2.50. The maximum atomic E-state index is 12.9. The van der Waals surface area contributed by atoms with Crippen LogP contribution < -0.4 is 10.1 Å². The van der Waals surface area contributed by atoms with Gasteiger partial charge in [0.1, 0.15) is 5.75 Å². The third-order valence-electron chi connectivity index (χ3n) is 4.87. The number of amides is 2. The molecule has 0 spiro atoms. The molecule has 2 aromatic carbocycles. The van der Waals surface area contributed by atoms with Crippen molar-refractivity contribution in [2.45, 2.75) is 19.4 Å². The van der Waals surface area contributed by atoms with Crippen LogP contribution in [0.1, 0.15) is 21.5 Å². The number of fused-ring (bicyclic) bond motifs is 1. The smallest absolute Gasteiger partial charge is 0.255 e. The fraction of sp³-hybridized carbons (Fsp3) is 0.333. The highest BCUT2D eigenvalue weighted by molar-refractivity contribution is 5.97. The average molecular weight is 366 g/mol. The van der Waals surface area contributed by atoms with Crippen molar-refractivity contribution in [2.24, 2.45) is 0 Å². The topological polar surface area (TPSA) is 67.9 Å². The predicted octanol–water partition coefficient (Wildman–Crippen LogP) is 2.41. The minimum absolute atomic E-state index is 0.0821. The molecule has 0 bridgehead atoms. The first-order valence-electron chi connectivity index (χ1n) is 9.14. The van der Waals surface area contributed by atoms with Gasteiger partial charge in [0.2, 0.25) is 0 Å². The van der Waals surface area contributed by atoms with E-state index in [0.717, 1.165) is 29.0 Å². The van der Waals surface area contributed by atoms with E-state index in [1.807, 2.05) is 43.3 Å². The number of hydrogen-bond donors (Lipinski definition) is 1. The number of anilines is 1. The van der Waals surface area contributed by atoms with Crippen LogP contribution >= 0.6 is 0 Å². The number of morpholine rings is 1. The Bertz CT molecular complexity index is 880. The molecule has 1 N–H and O–H groups in total. The van der Waals surface area contributed by atoms with Crippen LogP contribution in [0.3, 0.4) is 0 Å². The van der Waals surface area contributed by atoms with Crippen molar-refractivity contribution in [3.05, 3.63) is 59.2 Å². The third-order valence-corrected chi connectivity index (χ3v) is 4.87. The van der Waals surface area contributed by atoms with Gasteiger partial charge in [-0.05, 0) is 48.4 Å². The minimum Gasteiger partial charge on any atom is -0.493 e. The fourth-order valence-corrected chi connectivity index (χ4v) is 3.44. The Morgan fingerprint density at radius 1 is 1.15 bits per heavy atom. The SMILES string of the molecule is Cc1cccc(NC(=O)[C@@H]2CN(C(=O)c3ccc4c(c3)CCO4)CCO2)c1. The Morgan fingerprint density at radius 2 is 2.04 bits per heavy atom. The lowest BCUT2D eigenvalue weighted by atomic mass is 10.1. The van der Waals surface area contributed by atoms with Crippen LogP contribution in [0.25, 0.3) is 0 Å². The zero-order valence-corrected chi connectivity index (χ0v) is 15.2. The molecule has 6 nitrogen and oxygen atoms in total. The van der Waals surface area contributed by atoms with E-state index in [2.05, 4.69) is 5.32 Å². The summed E-state index contributed by atoms with van der Waals surface area (Å²) in [5.74, 6) is 0.533. The molecule has 0 unspecified atom stereocenters. The number of hydrogen-bond acceptors (Lipinski definition) is 4. The van der Waals surface area contributed by atoms with Gasteiger partial charge in [-0.2, -0.15) is 0 Å².